The highest BCUT2D eigenvalue weighted by Gasteiger charge is 2.25. The van der Waals surface area contributed by atoms with Gasteiger partial charge in [-0.3, -0.25) is 20.0 Å². The monoisotopic (exact) mass is 548 g/mol. The number of carbonyl (C=O) groups excluding carboxylic acids is 1. The van der Waals surface area contributed by atoms with E-state index in [-0.39, 0.29) is 23.8 Å². The average molecular weight is 549 g/mol. The molecule has 0 atom stereocenters. The molecule has 1 fully saturated rings. The van der Waals surface area contributed by atoms with Crippen molar-refractivity contribution in [3.8, 4) is 17.0 Å². The molecule has 4 heterocycles. The number of fused-ring (bicyclic) bond motifs is 1. The minimum atomic E-state index is -1.10. The van der Waals surface area contributed by atoms with Crippen LogP contribution in [-0.2, 0) is 17.8 Å². The third-order valence-corrected chi connectivity index (χ3v) is 6.68. The molecule has 0 radical (unpaired) electrons. The molecule has 10 nitrogen and oxygen atoms in total. The number of benzene rings is 1. The third-order valence-electron chi connectivity index (χ3n) is 6.68. The highest BCUT2D eigenvalue weighted by atomic mass is 19.1. The summed E-state index contributed by atoms with van der Waals surface area (Å²) in [4.78, 5) is 28.9. The summed E-state index contributed by atoms with van der Waals surface area (Å²) in [6, 6.07) is 8.92. The maximum atomic E-state index is 15.8. The molecule has 1 aliphatic rings. The number of nitrogens with zero attached hydrogens (tertiary/aromatic N) is 5. The van der Waals surface area contributed by atoms with E-state index >= 15 is 4.39 Å². The van der Waals surface area contributed by atoms with E-state index in [1.807, 2.05) is 18.2 Å². The van der Waals surface area contributed by atoms with Gasteiger partial charge < -0.3 is 19.1 Å². The number of halogens is 1. The number of ether oxygens (including phenoxy) is 2. The molecule has 0 unspecified atom stereocenters. The quantitative estimate of drug-likeness (QED) is 0.342. The van der Waals surface area contributed by atoms with Crippen LogP contribution in [0.2, 0.25) is 0 Å². The number of aromatic nitrogens is 4. The van der Waals surface area contributed by atoms with Crippen molar-refractivity contribution >= 4 is 22.9 Å². The van der Waals surface area contributed by atoms with E-state index in [9.17, 15) is 9.90 Å². The fraction of sp³-hybridized carbons (Fsp3) is 0.379. The number of rotatable bonds is 8. The first-order chi connectivity index (χ1) is 19.1. The number of aryl methyl sites for hydroxylation is 1. The second-order valence-corrected chi connectivity index (χ2v) is 10.5. The Labute approximate surface area is 231 Å². The van der Waals surface area contributed by atoms with Crippen LogP contribution in [0.25, 0.3) is 22.3 Å². The van der Waals surface area contributed by atoms with Gasteiger partial charge in [0.25, 0.3) is 5.91 Å². The number of carbonyl (C=O) groups is 1. The first-order valence-corrected chi connectivity index (χ1v) is 13.1. The van der Waals surface area contributed by atoms with Crippen LogP contribution in [0.4, 0.5) is 10.3 Å². The topological polar surface area (TPSA) is 115 Å². The Morgan fingerprint density at radius 2 is 1.98 bits per heavy atom. The zero-order chi connectivity index (χ0) is 28.4. The molecule has 210 valence electrons. The number of morpholine rings is 1. The van der Waals surface area contributed by atoms with E-state index in [0.29, 0.717) is 35.7 Å². The number of pyridine rings is 2. The van der Waals surface area contributed by atoms with Gasteiger partial charge in [-0.15, -0.1) is 0 Å². The summed E-state index contributed by atoms with van der Waals surface area (Å²) in [6.45, 7) is 9.08. The summed E-state index contributed by atoms with van der Waals surface area (Å²) in [7, 11) is 1.47. The van der Waals surface area contributed by atoms with E-state index in [1.54, 1.807) is 31.4 Å². The average Bonchev–Trinajstić information content (AvgIpc) is 3.24. The molecular weight excluding hydrogens is 515 g/mol. The van der Waals surface area contributed by atoms with Gasteiger partial charge in [0.1, 0.15) is 11.4 Å². The molecule has 3 aromatic heterocycles. The minimum absolute atomic E-state index is 0.0344. The van der Waals surface area contributed by atoms with Crippen LogP contribution in [-0.4, -0.2) is 74.4 Å². The Morgan fingerprint density at radius 1 is 1.20 bits per heavy atom. The van der Waals surface area contributed by atoms with Crippen molar-refractivity contribution in [3.05, 3.63) is 65.4 Å². The molecule has 1 saturated heterocycles. The molecule has 1 aliphatic heterocycles. The Bertz CT molecular complexity index is 1540. The predicted molar refractivity (Wildman–Crippen MR) is 149 cm³/mol. The molecule has 11 heteroatoms. The summed E-state index contributed by atoms with van der Waals surface area (Å²) in [5.74, 6) is -0.890. The molecule has 0 bridgehead atoms. The van der Waals surface area contributed by atoms with Gasteiger partial charge in [0.2, 0.25) is 5.95 Å². The maximum Gasteiger partial charge on any atom is 0.261 e. The normalized spacial score (nSPS) is 14.4. The van der Waals surface area contributed by atoms with Crippen molar-refractivity contribution in [3.63, 3.8) is 0 Å². The third kappa shape index (κ3) is 5.96. The largest absolute Gasteiger partial charge is 0.496 e. The van der Waals surface area contributed by atoms with E-state index in [1.165, 1.54) is 25.6 Å². The van der Waals surface area contributed by atoms with Gasteiger partial charge >= 0.3 is 0 Å². The summed E-state index contributed by atoms with van der Waals surface area (Å²) >= 11 is 0. The summed E-state index contributed by atoms with van der Waals surface area (Å²) in [5.41, 5.74) is 1.95. The van der Waals surface area contributed by atoms with Crippen LogP contribution < -0.4 is 10.1 Å². The molecule has 1 aromatic carbocycles. The molecule has 40 heavy (non-hydrogen) atoms. The number of aliphatic hydroxyl groups is 1. The van der Waals surface area contributed by atoms with Crippen molar-refractivity contribution in [2.75, 3.05) is 38.7 Å². The highest BCUT2D eigenvalue weighted by molar-refractivity contribution is 6.05. The van der Waals surface area contributed by atoms with E-state index < -0.39 is 17.3 Å². The first-order valence-electron chi connectivity index (χ1n) is 13.1. The maximum absolute atomic E-state index is 15.8. The van der Waals surface area contributed by atoms with Gasteiger partial charge in [-0.25, -0.2) is 14.4 Å². The number of anilines is 1. The highest BCUT2D eigenvalue weighted by Crippen LogP contribution is 2.31. The molecule has 2 N–H and O–H groups in total. The van der Waals surface area contributed by atoms with Crippen LogP contribution in [0.3, 0.4) is 0 Å². The smallest absolute Gasteiger partial charge is 0.261 e. The zero-order valence-corrected chi connectivity index (χ0v) is 23.1. The van der Waals surface area contributed by atoms with Gasteiger partial charge in [-0.2, -0.15) is 0 Å². The molecular formula is C29H33FN6O4. The lowest BCUT2D eigenvalue weighted by atomic mass is 10.1. The van der Waals surface area contributed by atoms with Gasteiger partial charge in [0, 0.05) is 37.7 Å². The molecule has 1 amide bonds. The molecule has 0 aliphatic carbocycles. The van der Waals surface area contributed by atoms with Crippen molar-refractivity contribution < 1.29 is 23.8 Å². The SMILES string of the molecule is COc1ccncc1-c1nc(C)cc(C(=O)Nc2nc3cc(CN4CCOCC4)ccc3n2CC(C)(C)O)c1F. The van der Waals surface area contributed by atoms with Crippen LogP contribution in [0.15, 0.2) is 42.7 Å². The number of hydrogen-bond donors (Lipinski definition) is 2. The fourth-order valence-electron chi connectivity index (χ4n) is 4.84. The van der Waals surface area contributed by atoms with E-state index in [2.05, 4.69) is 25.2 Å². The van der Waals surface area contributed by atoms with Gasteiger partial charge in [-0.1, -0.05) is 6.07 Å². The van der Waals surface area contributed by atoms with Crippen molar-refractivity contribution in [1.82, 2.24) is 24.4 Å². The number of nitrogens with one attached hydrogen (secondary N) is 1. The lowest BCUT2D eigenvalue weighted by Gasteiger charge is -2.26. The van der Waals surface area contributed by atoms with Crippen molar-refractivity contribution in [1.29, 1.82) is 0 Å². The van der Waals surface area contributed by atoms with Gasteiger partial charge in [0.05, 0.1) is 54.6 Å². The van der Waals surface area contributed by atoms with Crippen molar-refractivity contribution in [2.45, 2.75) is 39.5 Å². The summed E-state index contributed by atoms with van der Waals surface area (Å²) < 4.78 is 28.3. The second kappa shape index (κ2) is 11.3. The lowest BCUT2D eigenvalue weighted by Crippen LogP contribution is -2.35. The minimum Gasteiger partial charge on any atom is -0.496 e. The van der Waals surface area contributed by atoms with Crippen LogP contribution in [0, 0.1) is 12.7 Å². The lowest BCUT2D eigenvalue weighted by molar-refractivity contribution is 0.0342. The van der Waals surface area contributed by atoms with E-state index in [0.717, 1.165) is 30.7 Å². The summed E-state index contributed by atoms with van der Waals surface area (Å²) in [5, 5.41) is 13.4. The number of hydrogen-bond acceptors (Lipinski definition) is 8. The zero-order valence-electron chi connectivity index (χ0n) is 23.1. The van der Waals surface area contributed by atoms with Gasteiger partial charge in [-0.05, 0) is 50.6 Å². The van der Waals surface area contributed by atoms with Crippen LogP contribution in [0.1, 0.15) is 35.5 Å². The Hall–Kier alpha value is -3.93. The first kappa shape index (κ1) is 27.6. The summed E-state index contributed by atoms with van der Waals surface area (Å²) in [6.07, 6.45) is 2.98. The van der Waals surface area contributed by atoms with Crippen LogP contribution in [0.5, 0.6) is 5.75 Å². The van der Waals surface area contributed by atoms with Gasteiger partial charge in [0.15, 0.2) is 5.82 Å². The standard InChI is InChI=1S/C29H33FN6O4/c1-18-13-20(25(30)26(32-18)21-15-31-8-7-24(21)39-4)27(37)34-28-33-22-14-19(16-35-9-11-40-12-10-35)5-6-23(22)36(28)17-29(2,3)38/h5-8,13-15,38H,9-12,16-17H2,1-4H3,(H,33,34,37). The van der Waals surface area contributed by atoms with E-state index in [4.69, 9.17) is 9.47 Å². The Morgan fingerprint density at radius 3 is 2.70 bits per heavy atom. The Balaban J connectivity index is 1.50. The molecule has 0 spiro atoms. The Kier molecular flexibility index (Phi) is 7.79. The molecule has 5 rings (SSSR count). The second-order valence-electron chi connectivity index (χ2n) is 10.5. The number of methoxy groups -OCH3 is 1. The fourth-order valence-corrected chi connectivity index (χ4v) is 4.84. The van der Waals surface area contributed by atoms with Crippen LogP contribution >= 0.6 is 0 Å². The van der Waals surface area contributed by atoms with Crippen molar-refractivity contribution in [2.24, 2.45) is 0 Å². The number of imidazole rings is 1. The molecule has 0 saturated carbocycles. The predicted octanol–water partition coefficient (Wildman–Crippen LogP) is 3.80. The molecule has 4 aromatic rings. The number of amides is 1.